The van der Waals surface area contributed by atoms with Gasteiger partial charge in [-0.15, -0.1) is 0 Å². The van der Waals surface area contributed by atoms with E-state index in [4.69, 9.17) is 21.3 Å². The zero-order chi connectivity index (χ0) is 28.2. The Kier molecular flexibility index (Phi) is 6.67. The van der Waals surface area contributed by atoms with Crippen molar-refractivity contribution in [2.45, 2.75) is 32.9 Å². The number of hydrogen-bond donors (Lipinski definition) is 0. The number of aryl methyl sites for hydroxylation is 2. The molecule has 5 rings (SSSR count). The molecule has 1 atom stereocenters. The van der Waals surface area contributed by atoms with Crippen LogP contribution in [0.5, 0.6) is 5.88 Å². The molecular formula is C28H30ClN7O3. The largest absolute Gasteiger partial charge is 0.480 e. The highest BCUT2D eigenvalue weighted by atomic mass is 35.5. The lowest BCUT2D eigenvalue weighted by atomic mass is 10.0. The number of imidazole rings is 1. The summed E-state index contributed by atoms with van der Waals surface area (Å²) < 4.78 is 9.12. The fourth-order valence-electron chi connectivity index (χ4n) is 5.04. The van der Waals surface area contributed by atoms with Crippen LogP contribution in [0, 0.1) is 6.92 Å². The summed E-state index contributed by atoms with van der Waals surface area (Å²) in [5, 5.41) is 0.572. The summed E-state index contributed by atoms with van der Waals surface area (Å²) in [5.74, 6) is 0.987. The number of nitrogens with zero attached hydrogens (tertiary/aromatic N) is 7. The van der Waals surface area contributed by atoms with Gasteiger partial charge in [-0.2, -0.15) is 4.98 Å². The topological polar surface area (TPSA) is 98.4 Å². The molecule has 1 aromatic carbocycles. The smallest absolute Gasteiger partial charge is 0.279 e. The quantitative estimate of drug-likeness (QED) is 0.353. The predicted molar refractivity (Wildman–Crippen MR) is 151 cm³/mol. The number of anilines is 2. The lowest BCUT2D eigenvalue weighted by molar-refractivity contribution is 0.0989. The molecule has 1 aliphatic heterocycles. The van der Waals surface area contributed by atoms with E-state index in [1.807, 2.05) is 51.6 Å². The molecule has 0 bridgehead atoms. The van der Waals surface area contributed by atoms with Gasteiger partial charge in [0.2, 0.25) is 11.8 Å². The molecule has 0 N–H and O–H groups in total. The van der Waals surface area contributed by atoms with Crippen molar-refractivity contribution in [2.24, 2.45) is 7.05 Å². The number of amides is 1. The van der Waals surface area contributed by atoms with Gasteiger partial charge < -0.3 is 18.8 Å². The van der Waals surface area contributed by atoms with E-state index >= 15 is 0 Å². The molecule has 3 aromatic heterocycles. The van der Waals surface area contributed by atoms with E-state index in [9.17, 15) is 9.59 Å². The second-order valence-corrected chi connectivity index (χ2v) is 10.5. The highest BCUT2D eigenvalue weighted by molar-refractivity contribution is 6.30. The Hall–Kier alpha value is -4.18. The van der Waals surface area contributed by atoms with Gasteiger partial charge in [-0.1, -0.05) is 23.7 Å². The Balaban J connectivity index is 1.80. The van der Waals surface area contributed by atoms with Gasteiger partial charge in [0.1, 0.15) is 17.6 Å². The fourth-order valence-corrected chi connectivity index (χ4v) is 5.17. The van der Waals surface area contributed by atoms with Gasteiger partial charge in [-0.05, 0) is 50.1 Å². The van der Waals surface area contributed by atoms with Gasteiger partial charge in [-0.3, -0.25) is 14.5 Å². The molecule has 0 saturated heterocycles. The Morgan fingerprint density at radius 1 is 1.10 bits per heavy atom. The molecule has 0 saturated carbocycles. The lowest BCUT2D eigenvalue weighted by Gasteiger charge is -2.28. The number of benzene rings is 1. The van der Waals surface area contributed by atoms with Crippen LogP contribution < -0.4 is 20.1 Å². The second-order valence-electron chi connectivity index (χ2n) is 10.1. The summed E-state index contributed by atoms with van der Waals surface area (Å²) in [6.07, 6.45) is 3.40. The van der Waals surface area contributed by atoms with Crippen LogP contribution in [0.2, 0.25) is 5.02 Å². The molecular weight excluding hydrogens is 518 g/mol. The van der Waals surface area contributed by atoms with Crippen LogP contribution in [-0.2, 0) is 7.05 Å². The van der Waals surface area contributed by atoms with Gasteiger partial charge >= 0.3 is 0 Å². The molecule has 39 heavy (non-hydrogen) atoms. The maximum absolute atomic E-state index is 14.1. The second kappa shape index (κ2) is 9.85. The van der Waals surface area contributed by atoms with Gasteiger partial charge in [0, 0.05) is 44.6 Å². The Bertz CT molecular complexity index is 1640. The van der Waals surface area contributed by atoms with Crippen LogP contribution in [0.25, 0.3) is 11.4 Å². The molecule has 0 aliphatic carbocycles. The number of carbonyl (C=O) groups excluding carboxylic acids is 1. The maximum atomic E-state index is 14.1. The van der Waals surface area contributed by atoms with Crippen LogP contribution in [0.3, 0.4) is 0 Å². The monoisotopic (exact) mass is 547 g/mol. The molecule has 0 spiro atoms. The van der Waals surface area contributed by atoms with Gasteiger partial charge in [0.05, 0.1) is 18.4 Å². The zero-order valence-corrected chi connectivity index (χ0v) is 23.7. The average molecular weight is 548 g/mol. The molecule has 0 radical (unpaired) electrons. The molecule has 1 amide bonds. The third-order valence-electron chi connectivity index (χ3n) is 6.72. The van der Waals surface area contributed by atoms with Crippen molar-refractivity contribution in [3.8, 4) is 17.3 Å². The maximum Gasteiger partial charge on any atom is 0.279 e. The average Bonchev–Trinajstić information content (AvgIpc) is 3.41. The Labute approximate surface area is 231 Å². The Morgan fingerprint density at radius 2 is 1.79 bits per heavy atom. The first kappa shape index (κ1) is 26.4. The summed E-state index contributed by atoms with van der Waals surface area (Å²) in [7, 11) is 6.91. The molecule has 202 valence electrons. The van der Waals surface area contributed by atoms with Crippen molar-refractivity contribution < 1.29 is 9.53 Å². The standard InChI is InChI=1S/C28H30ClN7O3/c1-15(2)35-23-21(31-24(35)19-13-30-28(33(4)5)32-25(19)39-7)27(38)36(20-12-16(3)14-34(6)26(20)37)22(23)17-8-10-18(29)11-9-17/h8-15,22H,1-7H3. The highest BCUT2D eigenvalue weighted by Crippen LogP contribution is 2.45. The number of aromatic nitrogens is 5. The number of halogens is 1. The summed E-state index contributed by atoms with van der Waals surface area (Å²) in [6.45, 7) is 5.93. The lowest BCUT2D eigenvalue weighted by Crippen LogP contribution is -2.36. The van der Waals surface area contributed by atoms with Crippen LogP contribution in [0.15, 0.2) is 47.5 Å². The minimum atomic E-state index is -0.615. The van der Waals surface area contributed by atoms with E-state index in [0.29, 0.717) is 33.9 Å². The SMILES string of the molecule is COc1nc(N(C)C)ncc1-c1nc2c(n1C(C)C)C(c1ccc(Cl)cc1)N(c1cc(C)cn(C)c1=O)C2=O. The van der Waals surface area contributed by atoms with E-state index in [0.717, 1.165) is 11.1 Å². The molecule has 0 fully saturated rings. The van der Waals surface area contributed by atoms with E-state index in [1.54, 1.807) is 54.6 Å². The minimum absolute atomic E-state index is 0.0997. The number of fused-ring (bicyclic) bond motifs is 1. The van der Waals surface area contributed by atoms with Crippen LogP contribution in [0.4, 0.5) is 11.6 Å². The first-order valence-electron chi connectivity index (χ1n) is 12.5. The van der Waals surface area contributed by atoms with Crippen molar-refractivity contribution in [1.82, 2.24) is 24.1 Å². The molecule has 10 nitrogen and oxygen atoms in total. The zero-order valence-electron chi connectivity index (χ0n) is 22.9. The van der Waals surface area contributed by atoms with Crippen molar-refractivity contribution in [2.75, 3.05) is 31.0 Å². The van der Waals surface area contributed by atoms with Gasteiger partial charge in [0.25, 0.3) is 11.5 Å². The van der Waals surface area contributed by atoms with E-state index < -0.39 is 6.04 Å². The van der Waals surface area contributed by atoms with Crippen LogP contribution in [-0.4, -0.2) is 51.2 Å². The number of rotatable bonds is 6. The minimum Gasteiger partial charge on any atom is -0.480 e. The summed E-state index contributed by atoms with van der Waals surface area (Å²) in [6, 6.07) is 8.32. The first-order chi connectivity index (χ1) is 18.5. The summed E-state index contributed by atoms with van der Waals surface area (Å²) in [5.41, 5.74) is 3.17. The van der Waals surface area contributed by atoms with Gasteiger partial charge in [-0.25, -0.2) is 9.97 Å². The number of carbonyl (C=O) groups is 1. The van der Waals surface area contributed by atoms with Crippen molar-refractivity contribution in [3.63, 3.8) is 0 Å². The van der Waals surface area contributed by atoms with Gasteiger partial charge in [0.15, 0.2) is 5.69 Å². The first-order valence-corrected chi connectivity index (χ1v) is 12.9. The van der Waals surface area contributed by atoms with Crippen LogP contribution >= 0.6 is 11.6 Å². The van der Waals surface area contributed by atoms with Crippen molar-refractivity contribution in [1.29, 1.82) is 0 Å². The third-order valence-corrected chi connectivity index (χ3v) is 6.98. The number of hydrogen-bond acceptors (Lipinski definition) is 7. The normalized spacial score (nSPS) is 14.7. The highest BCUT2D eigenvalue weighted by Gasteiger charge is 2.46. The number of ether oxygens (including phenoxy) is 1. The van der Waals surface area contributed by atoms with Crippen molar-refractivity contribution >= 4 is 29.1 Å². The molecule has 1 unspecified atom stereocenters. The predicted octanol–water partition coefficient (Wildman–Crippen LogP) is 4.41. The molecule has 11 heteroatoms. The van der Waals surface area contributed by atoms with E-state index in [1.165, 1.54) is 4.57 Å². The summed E-state index contributed by atoms with van der Waals surface area (Å²) >= 11 is 6.22. The molecule has 4 aromatic rings. The third kappa shape index (κ3) is 4.34. The molecule has 1 aliphatic rings. The summed E-state index contributed by atoms with van der Waals surface area (Å²) in [4.78, 5) is 44.6. The fraction of sp³-hybridized carbons (Fsp3) is 0.321. The van der Waals surface area contributed by atoms with Crippen LogP contribution in [0.1, 0.15) is 53.2 Å². The van der Waals surface area contributed by atoms with E-state index in [-0.39, 0.29) is 28.9 Å². The number of methoxy groups -OCH3 is 1. The molecule has 4 heterocycles. The van der Waals surface area contributed by atoms with E-state index in [2.05, 4.69) is 9.97 Å². The Morgan fingerprint density at radius 3 is 2.41 bits per heavy atom. The number of pyridine rings is 1. The van der Waals surface area contributed by atoms with Crippen molar-refractivity contribution in [3.05, 3.63) is 80.6 Å².